The lowest BCUT2D eigenvalue weighted by Gasteiger charge is -2.31. The maximum atomic E-state index is 13.7. The van der Waals surface area contributed by atoms with Gasteiger partial charge in [-0.3, -0.25) is 4.98 Å². The van der Waals surface area contributed by atoms with Crippen molar-refractivity contribution in [2.75, 3.05) is 10.6 Å². The van der Waals surface area contributed by atoms with Gasteiger partial charge < -0.3 is 10.6 Å². The van der Waals surface area contributed by atoms with Gasteiger partial charge in [0.1, 0.15) is 5.82 Å². The van der Waals surface area contributed by atoms with Gasteiger partial charge in [0.05, 0.1) is 5.52 Å². The Morgan fingerprint density at radius 3 is 2.44 bits per heavy atom. The Balaban J connectivity index is 1.38. The van der Waals surface area contributed by atoms with Crippen LogP contribution < -0.4 is 10.6 Å². The molecule has 1 aliphatic carbocycles. The highest BCUT2D eigenvalue weighted by atomic mass is 35.5. The molecule has 0 radical (unpaired) electrons. The summed E-state index contributed by atoms with van der Waals surface area (Å²) in [6.07, 6.45) is 6.08. The zero-order chi connectivity index (χ0) is 18.8. The SMILES string of the molecule is Cc1ccc(NC2CCC(Nc3ccnc4cc(Cl)ccc34)CC2)cc1F. The van der Waals surface area contributed by atoms with Crippen molar-refractivity contribution >= 4 is 33.9 Å². The number of hydrogen-bond acceptors (Lipinski definition) is 3. The van der Waals surface area contributed by atoms with E-state index in [1.165, 1.54) is 0 Å². The fraction of sp³-hybridized carbons (Fsp3) is 0.318. The van der Waals surface area contributed by atoms with E-state index in [2.05, 4.69) is 15.6 Å². The molecule has 4 rings (SSSR count). The van der Waals surface area contributed by atoms with E-state index in [1.807, 2.05) is 42.6 Å². The quantitative estimate of drug-likeness (QED) is 0.565. The van der Waals surface area contributed by atoms with Gasteiger partial charge in [-0.05, 0) is 74.6 Å². The van der Waals surface area contributed by atoms with E-state index in [0.29, 0.717) is 22.7 Å². The van der Waals surface area contributed by atoms with Crippen molar-refractivity contribution in [3.05, 3.63) is 65.1 Å². The van der Waals surface area contributed by atoms with E-state index in [0.717, 1.165) is 48.0 Å². The molecule has 5 heteroatoms. The average Bonchev–Trinajstić information content (AvgIpc) is 2.66. The third kappa shape index (κ3) is 4.16. The molecule has 0 spiro atoms. The zero-order valence-electron chi connectivity index (χ0n) is 15.3. The largest absolute Gasteiger partial charge is 0.382 e. The summed E-state index contributed by atoms with van der Waals surface area (Å²) < 4.78 is 13.7. The fourth-order valence-electron chi connectivity index (χ4n) is 3.77. The Labute approximate surface area is 164 Å². The first-order chi connectivity index (χ1) is 13.1. The summed E-state index contributed by atoms with van der Waals surface area (Å²) in [4.78, 5) is 4.40. The maximum Gasteiger partial charge on any atom is 0.128 e. The number of anilines is 2. The van der Waals surface area contributed by atoms with E-state index in [4.69, 9.17) is 11.6 Å². The number of aryl methyl sites for hydroxylation is 1. The lowest BCUT2D eigenvalue weighted by atomic mass is 9.90. The van der Waals surface area contributed by atoms with Gasteiger partial charge in [-0.15, -0.1) is 0 Å². The molecule has 0 saturated heterocycles. The van der Waals surface area contributed by atoms with Gasteiger partial charge in [0.25, 0.3) is 0 Å². The molecule has 2 N–H and O–H groups in total. The molecule has 0 atom stereocenters. The Hall–Kier alpha value is -2.33. The van der Waals surface area contributed by atoms with Crippen LogP contribution in [0.1, 0.15) is 31.2 Å². The van der Waals surface area contributed by atoms with Crippen LogP contribution in [0.4, 0.5) is 15.8 Å². The summed E-state index contributed by atoms with van der Waals surface area (Å²) in [6.45, 7) is 1.78. The molecule has 1 saturated carbocycles. The van der Waals surface area contributed by atoms with Gasteiger partial charge in [-0.1, -0.05) is 17.7 Å². The number of halogens is 2. The van der Waals surface area contributed by atoms with Gasteiger partial charge in [-0.2, -0.15) is 0 Å². The first-order valence-corrected chi connectivity index (χ1v) is 9.80. The Morgan fingerprint density at radius 2 is 1.70 bits per heavy atom. The van der Waals surface area contributed by atoms with E-state index in [9.17, 15) is 4.39 Å². The minimum Gasteiger partial charge on any atom is -0.382 e. The number of fused-ring (bicyclic) bond motifs is 1. The minimum absolute atomic E-state index is 0.153. The number of nitrogens with zero attached hydrogens (tertiary/aromatic N) is 1. The Morgan fingerprint density at radius 1 is 0.963 bits per heavy atom. The second kappa shape index (κ2) is 7.73. The number of hydrogen-bond donors (Lipinski definition) is 2. The molecular formula is C22H23ClFN3. The lowest BCUT2D eigenvalue weighted by Crippen LogP contribution is -2.32. The number of nitrogens with one attached hydrogen (secondary N) is 2. The molecule has 2 aromatic carbocycles. The zero-order valence-corrected chi connectivity index (χ0v) is 16.1. The van der Waals surface area contributed by atoms with Crippen LogP contribution in [-0.4, -0.2) is 17.1 Å². The first kappa shape index (κ1) is 18.1. The summed E-state index contributed by atoms with van der Waals surface area (Å²) in [5.74, 6) is -0.153. The van der Waals surface area contributed by atoms with Gasteiger partial charge in [0, 0.05) is 40.1 Å². The van der Waals surface area contributed by atoms with Crippen molar-refractivity contribution in [2.45, 2.75) is 44.7 Å². The van der Waals surface area contributed by atoms with Crippen LogP contribution in [-0.2, 0) is 0 Å². The lowest BCUT2D eigenvalue weighted by molar-refractivity contribution is 0.429. The molecule has 1 aliphatic rings. The molecule has 1 aromatic heterocycles. The van der Waals surface area contributed by atoms with Crippen molar-refractivity contribution in [2.24, 2.45) is 0 Å². The van der Waals surface area contributed by atoms with Crippen LogP contribution in [0.5, 0.6) is 0 Å². The van der Waals surface area contributed by atoms with E-state index in [-0.39, 0.29) is 5.82 Å². The van der Waals surface area contributed by atoms with Crippen molar-refractivity contribution in [3.63, 3.8) is 0 Å². The highest BCUT2D eigenvalue weighted by molar-refractivity contribution is 6.31. The van der Waals surface area contributed by atoms with Crippen LogP contribution in [0.25, 0.3) is 10.9 Å². The predicted octanol–water partition coefficient (Wildman–Crippen LogP) is 6.17. The molecular weight excluding hydrogens is 361 g/mol. The van der Waals surface area contributed by atoms with E-state index in [1.54, 1.807) is 13.0 Å². The van der Waals surface area contributed by atoms with Crippen molar-refractivity contribution in [3.8, 4) is 0 Å². The molecule has 1 heterocycles. The Bertz CT molecular complexity index is 951. The van der Waals surface area contributed by atoms with Crippen LogP contribution in [0.3, 0.4) is 0 Å². The first-order valence-electron chi connectivity index (χ1n) is 9.42. The van der Waals surface area contributed by atoms with E-state index < -0.39 is 0 Å². The number of aromatic nitrogens is 1. The monoisotopic (exact) mass is 383 g/mol. The van der Waals surface area contributed by atoms with Crippen molar-refractivity contribution < 1.29 is 4.39 Å². The van der Waals surface area contributed by atoms with E-state index >= 15 is 0 Å². The summed E-state index contributed by atoms with van der Waals surface area (Å²) >= 11 is 6.07. The van der Waals surface area contributed by atoms with Crippen LogP contribution in [0, 0.1) is 12.7 Å². The summed E-state index contributed by atoms with van der Waals surface area (Å²) in [6, 6.07) is 14.0. The highest BCUT2D eigenvalue weighted by Crippen LogP contribution is 2.29. The maximum absolute atomic E-state index is 13.7. The molecule has 0 bridgehead atoms. The summed E-state index contributed by atoms with van der Waals surface area (Å²) in [5, 5.41) is 8.95. The van der Waals surface area contributed by atoms with Gasteiger partial charge in [0.2, 0.25) is 0 Å². The molecule has 1 fully saturated rings. The van der Waals surface area contributed by atoms with Crippen molar-refractivity contribution in [1.29, 1.82) is 0 Å². The van der Waals surface area contributed by atoms with Crippen molar-refractivity contribution in [1.82, 2.24) is 4.98 Å². The topological polar surface area (TPSA) is 37.0 Å². The number of rotatable bonds is 4. The number of benzene rings is 2. The molecule has 140 valence electrons. The van der Waals surface area contributed by atoms with Crippen LogP contribution in [0.15, 0.2) is 48.7 Å². The molecule has 3 nitrogen and oxygen atoms in total. The minimum atomic E-state index is -0.153. The molecule has 27 heavy (non-hydrogen) atoms. The predicted molar refractivity (Wildman–Crippen MR) is 111 cm³/mol. The van der Waals surface area contributed by atoms with Crippen LogP contribution in [0.2, 0.25) is 5.02 Å². The smallest absolute Gasteiger partial charge is 0.128 e. The third-order valence-corrected chi connectivity index (χ3v) is 5.57. The number of pyridine rings is 1. The highest BCUT2D eigenvalue weighted by Gasteiger charge is 2.21. The second-order valence-corrected chi connectivity index (χ2v) is 7.76. The fourth-order valence-corrected chi connectivity index (χ4v) is 3.93. The normalized spacial score (nSPS) is 19.8. The second-order valence-electron chi connectivity index (χ2n) is 7.32. The summed E-state index contributed by atoms with van der Waals surface area (Å²) in [5.41, 5.74) is 3.56. The van der Waals surface area contributed by atoms with Gasteiger partial charge >= 0.3 is 0 Å². The van der Waals surface area contributed by atoms with Gasteiger partial charge in [-0.25, -0.2) is 4.39 Å². The van der Waals surface area contributed by atoms with Gasteiger partial charge in [0.15, 0.2) is 0 Å². The Kier molecular flexibility index (Phi) is 5.17. The molecule has 0 amide bonds. The third-order valence-electron chi connectivity index (χ3n) is 5.33. The van der Waals surface area contributed by atoms with Crippen LogP contribution >= 0.6 is 11.6 Å². The molecule has 3 aromatic rings. The molecule has 0 unspecified atom stereocenters. The standard InChI is InChI=1S/C22H23ClFN3/c1-14-2-4-18(13-20(14)24)26-16-5-7-17(8-6-16)27-21-10-11-25-22-12-15(23)3-9-19(21)22/h2-4,9-13,16-17,26H,5-8H2,1H3,(H,25,27). The molecule has 0 aliphatic heterocycles. The summed E-state index contributed by atoms with van der Waals surface area (Å²) in [7, 11) is 0. The average molecular weight is 384 g/mol.